The molecule has 1 aromatic heterocycles. The highest BCUT2D eigenvalue weighted by molar-refractivity contribution is 9.10. The van der Waals surface area contributed by atoms with Crippen molar-refractivity contribution in [3.63, 3.8) is 0 Å². The zero-order valence-electron chi connectivity index (χ0n) is 10.2. The maximum absolute atomic E-state index is 12.4. The molecular formula is C11H14BrF3N2O2. The van der Waals surface area contributed by atoms with E-state index in [2.05, 4.69) is 15.9 Å². The summed E-state index contributed by atoms with van der Waals surface area (Å²) in [5.41, 5.74) is 0.159. The molecule has 1 rings (SSSR count). The van der Waals surface area contributed by atoms with E-state index in [9.17, 15) is 18.0 Å². The van der Waals surface area contributed by atoms with Crippen LogP contribution in [0.25, 0.3) is 0 Å². The summed E-state index contributed by atoms with van der Waals surface area (Å²) in [7, 11) is 0. The lowest BCUT2D eigenvalue weighted by Crippen LogP contribution is -2.41. The van der Waals surface area contributed by atoms with Crippen molar-refractivity contribution in [1.29, 1.82) is 0 Å². The maximum atomic E-state index is 12.4. The van der Waals surface area contributed by atoms with Gasteiger partial charge in [-0.25, -0.2) is 0 Å². The fraction of sp³-hybridized carbons (Fsp3) is 0.545. The number of halogens is 4. The van der Waals surface area contributed by atoms with Crippen LogP contribution in [0.3, 0.4) is 0 Å². The molecule has 0 saturated heterocycles. The largest absolute Gasteiger partial charge is 0.406 e. The van der Waals surface area contributed by atoms with Crippen molar-refractivity contribution in [2.24, 2.45) is 0 Å². The standard InChI is InChI=1S/C11H14BrF3N2O2/c1-2-16-6-8(12)5-9(16)10(19)17(3-4-18)7-11(13,14)15/h5-6,18H,2-4,7H2,1H3. The second kappa shape index (κ2) is 6.42. The summed E-state index contributed by atoms with van der Waals surface area (Å²) in [6.07, 6.45) is -2.87. The first-order valence-corrected chi connectivity index (χ1v) is 6.40. The topological polar surface area (TPSA) is 45.5 Å². The van der Waals surface area contributed by atoms with E-state index in [1.807, 2.05) is 0 Å². The Morgan fingerprint density at radius 2 is 2.16 bits per heavy atom. The zero-order valence-corrected chi connectivity index (χ0v) is 11.8. The number of aliphatic hydroxyl groups excluding tert-OH is 1. The van der Waals surface area contributed by atoms with Gasteiger partial charge in [-0.3, -0.25) is 4.79 Å². The number of carbonyl (C=O) groups is 1. The highest BCUT2D eigenvalue weighted by Crippen LogP contribution is 2.20. The van der Waals surface area contributed by atoms with Crippen molar-refractivity contribution in [2.45, 2.75) is 19.6 Å². The van der Waals surface area contributed by atoms with Gasteiger partial charge in [-0.15, -0.1) is 0 Å². The van der Waals surface area contributed by atoms with Crippen LogP contribution in [-0.4, -0.2) is 46.4 Å². The molecule has 0 aliphatic carbocycles. The first kappa shape index (κ1) is 16.0. The van der Waals surface area contributed by atoms with Crippen LogP contribution in [0.15, 0.2) is 16.7 Å². The molecule has 19 heavy (non-hydrogen) atoms. The van der Waals surface area contributed by atoms with E-state index in [0.29, 0.717) is 15.9 Å². The van der Waals surface area contributed by atoms with Gasteiger partial charge in [-0.05, 0) is 28.9 Å². The quantitative estimate of drug-likeness (QED) is 0.892. The Balaban J connectivity index is 2.98. The zero-order chi connectivity index (χ0) is 14.6. The number of hydrogen-bond donors (Lipinski definition) is 1. The SMILES string of the molecule is CCn1cc(Br)cc1C(=O)N(CCO)CC(F)(F)F. The van der Waals surface area contributed by atoms with Crippen molar-refractivity contribution >= 4 is 21.8 Å². The molecule has 0 unspecified atom stereocenters. The second-order valence-corrected chi connectivity index (χ2v) is 4.81. The molecule has 1 heterocycles. The van der Waals surface area contributed by atoms with Crippen LogP contribution in [0.5, 0.6) is 0 Å². The van der Waals surface area contributed by atoms with E-state index in [1.165, 1.54) is 6.07 Å². The Morgan fingerprint density at radius 3 is 2.63 bits per heavy atom. The molecule has 0 aliphatic rings. The number of amides is 1. The highest BCUT2D eigenvalue weighted by Gasteiger charge is 2.33. The van der Waals surface area contributed by atoms with Crippen LogP contribution >= 0.6 is 15.9 Å². The predicted octanol–water partition coefficient (Wildman–Crippen LogP) is 2.27. The van der Waals surface area contributed by atoms with Crippen LogP contribution < -0.4 is 0 Å². The fourth-order valence-electron chi connectivity index (χ4n) is 1.67. The number of alkyl halides is 3. The van der Waals surface area contributed by atoms with Gasteiger partial charge in [0.2, 0.25) is 0 Å². The summed E-state index contributed by atoms with van der Waals surface area (Å²) in [5, 5.41) is 8.78. The van der Waals surface area contributed by atoms with Gasteiger partial charge in [0, 0.05) is 23.8 Å². The third-order valence-corrected chi connectivity index (χ3v) is 2.88. The minimum absolute atomic E-state index is 0.159. The van der Waals surface area contributed by atoms with Gasteiger partial charge in [0.25, 0.3) is 5.91 Å². The molecule has 0 atom stereocenters. The smallest absolute Gasteiger partial charge is 0.395 e. The lowest BCUT2D eigenvalue weighted by Gasteiger charge is -2.23. The Labute approximate surface area is 116 Å². The first-order valence-electron chi connectivity index (χ1n) is 5.61. The van der Waals surface area contributed by atoms with Crippen LogP contribution in [0.1, 0.15) is 17.4 Å². The normalized spacial score (nSPS) is 11.7. The monoisotopic (exact) mass is 342 g/mol. The van der Waals surface area contributed by atoms with Gasteiger partial charge < -0.3 is 14.6 Å². The highest BCUT2D eigenvalue weighted by atomic mass is 79.9. The summed E-state index contributed by atoms with van der Waals surface area (Å²) in [5.74, 6) is -0.751. The molecule has 4 nitrogen and oxygen atoms in total. The van der Waals surface area contributed by atoms with Crippen molar-refractivity contribution in [2.75, 3.05) is 19.7 Å². The lowest BCUT2D eigenvalue weighted by molar-refractivity contribution is -0.141. The number of rotatable bonds is 5. The van der Waals surface area contributed by atoms with Crippen LogP contribution in [-0.2, 0) is 6.54 Å². The van der Waals surface area contributed by atoms with E-state index in [4.69, 9.17) is 5.11 Å². The van der Waals surface area contributed by atoms with E-state index < -0.39 is 25.2 Å². The summed E-state index contributed by atoms with van der Waals surface area (Å²) >= 11 is 3.18. The summed E-state index contributed by atoms with van der Waals surface area (Å²) in [6, 6.07) is 1.46. The van der Waals surface area contributed by atoms with Crippen LogP contribution in [0.4, 0.5) is 13.2 Å². The average Bonchev–Trinajstić information content (AvgIpc) is 2.67. The molecule has 8 heteroatoms. The first-order chi connectivity index (χ1) is 8.78. The molecule has 0 fully saturated rings. The Kier molecular flexibility index (Phi) is 5.42. The number of nitrogens with zero attached hydrogens (tertiary/aromatic N) is 2. The molecule has 108 valence electrons. The predicted molar refractivity (Wildman–Crippen MR) is 66.9 cm³/mol. The molecule has 0 aliphatic heterocycles. The molecular weight excluding hydrogens is 329 g/mol. The maximum Gasteiger partial charge on any atom is 0.406 e. The average molecular weight is 343 g/mol. The van der Waals surface area contributed by atoms with E-state index >= 15 is 0 Å². The fourth-order valence-corrected chi connectivity index (χ4v) is 2.13. The van der Waals surface area contributed by atoms with Gasteiger partial charge in [0.15, 0.2) is 0 Å². The van der Waals surface area contributed by atoms with E-state index in [-0.39, 0.29) is 12.2 Å². The van der Waals surface area contributed by atoms with Gasteiger partial charge in [-0.1, -0.05) is 0 Å². The third-order valence-electron chi connectivity index (χ3n) is 2.45. The number of aliphatic hydroxyl groups is 1. The van der Waals surface area contributed by atoms with Gasteiger partial charge >= 0.3 is 6.18 Å². The van der Waals surface area contributed by atoms with Crippen molar-refractivity contribution < 1.29 is 23.1 Å². The minimum atomic E-state index is -4.49. The lowest BCUT2D eigenvalue weighted by atomic mass is 10.3. The Morgan fingerprint density at radius 1 is 1.53 bits per heavy atom. The van der Waals surface area contributed by atoms with Crippen LogP contribution in [0.2, 0.25) is 0 Å². The summed E-state index contributed by atoms with van der Waals surface area (Å²) < 4.78 is 39.4. The van der Waals surface area contributed by atoms with E-state index in [0.717, 1.165) is 0 Å². The van der Waals surface area contributed by atoms with Crippen molar-refractivity contribution in [3.05, 3.63) is 22.4 Å². The van der Waals surface area contributed by atoms with Gasteiger partial charge in [0.1, 0.15) is 12.2 Å². The Bertz CT molecular complexity index is 446. The number of hydrogen-bond acceptors (Lipinski definition) is 2. The van der Waals surface area contributed by atoms with Gasteiger partial charge in [0.05, 0.1) is 6.61 Å². The summed E-state index contributed by atoms with van der Waals surface area (Å²) in [6.45, 7) is -0.00535. The number of aryl methyl sites for hydroxylation is 1. The number of carbonyl (C=O) groups excluding carboxylic acids is 1. The molecule has 0 bridgehead atoms. The molecule has 0 spiro atoms. The van der Waals surface area contributed by atoms with Crippen LogP contribution in [0, 0.1) is 0 Å². The molecule has 1 aromatic rings. The van der Waals surface area contributed by atoms with Gasteiger partial charge in [-0.2, -0.15) is 13.2 Å². The Hall–Kier alpha value is -1.02. The second-order valence-electron chi connectivity index (χ2n) is 3.90. The van der Waals surface area contributed by atoms with Crippen molar-refractivity contribution in [1.82, 2.24) is 9.47 Å². The van der Waals surface area contributed by atoms with Crippen molar-refractivity contribution in [3.8, 4) is 0 Å². The molecule has 1 N–H and O–H groups in total. The molecule has 1 amide bonds. The minimum Gasteiger partial charge on any atom is -0.395 e. The number of aromatic nitrogens is 1. The summed E-state index contributed by atoms with van der Waals surface area (Å²) in [4.78, 5) is 12.7. The van der Waals surface area contributed by atoms with E-state index in [1.54, 1.807) is 17.7 Å². The molecule has 0 aromatic carbocycles. The third kappa shape index (κ3) is 4.54. The molecule has 0 radical (unpaired) electrons. The molecule has 0 saturated carbocycles.